The lowest BCUT2D eigenvalue weighted by Crippen LogP contribution is -2.76. The number of carbonyl (C=O) groups excluding carboxylic acids is 2. The molecule has 218 valence electrons. The van der Waals surface area contributed by atoms with Crippen molar-refractivity contribution in [1.29, 1.82) is 0 Å². The van der Waals surface area contributed by atoms with Gasteiger partial charge in [-0.05, 0) is 31.2 Å². The van der Waals surface area contributed by atoms with Crippen molar-refractivity contribution in [2.75, 3.05) is 39.8 Å². The average Bonchev–Trinajstić information content (AvgIpc) is 2.90. The lowest BCUT2D eigenvalue weighted by Gasteiger charge is -2.44. The molecule has 1 aliphatic rings. The number of amides is 2. The number of hydrogen-bond donors (Lipinski definition) is 2. The highest BCUT2D eigenvalue weighted by Crippen LogP contribution is 2.26. The summed E-state index contributed by atoms with van der Waals surface area (Å²) in [6.07, 6.45) is 11.1. The lowest BCUT2D eigenvalue weighted by molar-refractivity contribution is -0.929. The number of hydrogen-bond acceptors (Lipinski definition) is 5. The van der Waals surface area contributed by atoms with E-state index in [2.05, 4.69) is 33.0 Å². The number of carbonyl (C=O) groups is 2. The van der Waals surface area contributed by atoms with Crippen LogP contribution in [0.3, 0.4) is 0 Å². The molecule has 1 fully saturated rings. The second kappa shape index (κ2) is 16.8. The highest BCUT2D eigenvalue weighted by Gasteiger charge is 2.58. The van der Waals surface area contributed by atoms with Crippen LogP contribution < -0.4 is 5.32 Å². The number of benzene rings is 1. The van der Waals surface area contributed by atoms with Gasteiger partial charge in [-0.2, -0.15) is 8.42 Å². The van der Waals surface area contributed by atoms with Gasteiger partial charge in [0.2, 0.25) is 11.6 Å². The van der Waals surface area contributed by atoms with Crippen LogP contribution in [-0.2, 0) is 31.1 Å². The van der Waals surface area contributed by atoms with Gasteiger partial charge >= 0.3 is 10.3 Å². The van der Waals surface area contributed by atoms with Gasteiger partial charge in [0.25, 0.3) is 5.91 Å². The van der Waals surface area contributed by atoms with Gasteiger partial charge in [-0.3, -0.25) is 14.1 Å². The normalized spacial score (nSPS) is 17.4. The molecule has 1 aromatic rings. The second-order valence-electron chi connectivity index (χ2n) is 10.2. The van der Waals surface area contributed by atoms with Gasteiger partial charge in [0.15, 0.2) is 0 Å². The van der Waals surface area contributed by atoms with Crippen LogP contribution in [0.4, 0.5) is 0 Å². The first-order valence-electron chi connectivity index (χ1n) is 14.1. The summed E-state index contributed by atoms with van der Waals surface area (Å²) in [4.78, 5) is 23.7. The summed E-state index contributed by atoms with van der Waals surface area (Å²) >= 11 is 0. The van der Waals surface area contributed by atoms with E-state index in [1.54, 1.807) is 30.3 Å². The number of nitrogens with zero attached hydrogens (tertiary/aromatic N) is 2. The number of ether oxygens (including phenoxy) is 1. The van der Waals surface area contributed by atoms with E-state index in [0.717, 1.165) is 5.56 Å². The van der Waals surface area contributed by atoms with E-state index in [0.29, 0.717) is 0 Å². The lowest BCUT2D eigenvalue weighted by atomic mass is 10.1. The molecule has 1 saturated heterocycles. The van der Waals surface area contributed by atoms with Crippen LogP contribution >= 0.6 is 0 Å². The number of methoxy groups -OCH3 is 1. The molecule has 2 N–H and O–H groups in total. The van der Waals surface area contributed by atoms with E-state index in [9.17, 15) is 18.0 Å². The van der Waals surface area contributed by atoms with Gasteiger partial charge in [-0.1, -0.05) is 83.7 Å². The minimum absolute atomic E-state index is 0.0190. The predicted octanol–water partition coefficient (Wildman–Crippen LogP) is 4.34. The van der Waals surface area contributed by atoms with Crippen LogP contribution in [-0.4, -0.2) is 79.1 Å². The Labute approximate surface area is 230 Å². The quantitative estimate of drug-likeness (QED) is 0.128. The molecule has 0 aromatic heterocycles. The molecule has 1 unspecified atom stereocenters. The first kappa shape index (κ1) is 34.0. The first-order valence-corrected chi connectivity index (χ1v) is 15.5. The molecule has 1 atom stereocenters. The van der Waals surface area contributed by atoms with E-state index in [1.165, 1.54) is 89.1 Å². The van der Waals surface area contributed by atoms with Crippen molar-refractivity contribution in [2.24, 2.45) is 0 Å². The van der Waals surface area contributed by atoms with Crippen molar-refractivity contribution in [3.05, 3.63) is 35.9 Å². The minimum Gasteiger partial charge on any atom is -0.349 e. The van der Waals surface area contributed by atoms with Crippen molar-refractivity contribution in [1.82, 2.24) is 9.62 Å². The zero-order chi connectivity index (χ0) is 28.7. The molecule has 2 amide bonds. The van der Waals surface area contributed by atoms with Gasteiger partial charge in [0, 0.05) is 7.11 Å². The Balaban J connectivity index is 0.000000391. The summed E-state index contributed by atoms with van der Waals surface area (Å²) in [6, 6.07) is 8.82. The molecular weight excluding hydrogens is 506 g/mol. The Morgan fingerprint density at radius 2 is 1.39 bits per heavy atom. The van der Waals surface area contributed by atoms with Crippen LogP contribution in [0.2, 0.25) is 0 Å². The maximum absolute atomic E-state index is 11.9. The number of unbranched alkanes of at least 4 members (excludes halogenated alkanes) is 4. The molecule has 1 aliphatic heterocycles. The third-order valence-corrected chi connectivity index (χ3v) is 7.91. The molecule has 0 radical (unpaired) electrons. The Bertz CT molecular complexity index is 904. The van der Waals surface area contributed by atoms with E-state index in [-0.39, 0.29) is 10.7 Å². The molecule has 1 heterocycles. The molecular formula is C28H50N3O6S+. The number of quaternary nitrogens is 1. The fourth-order valence-electron chi connectivity index (χ4n) is 4.63. The molecule has 38 heavy (non-hydrogen) atoms. The van der Waals surface area contributed by atoms with Gasteiger partial charge < -0.3 is 14.5 Å². The Morgan fingerprint density at radius 1 is 0.947 bits per heavy atom. The molecule has 0 saturated carbocycles. The Hall–Kier alpha value is -2.01. The highest BCUT2D eigenvalue weighted by molar-refractivity contribution is 7.84. The van der Waals surface area contributed by atoms with Crippen molar-refractivity contribution in [2.45, 2.75) is 91.2 Å². The molecule has 10 heteroatoms. The van der Waals surface area contributed by atoms with Crippen molar-refractivity contribution in [3.8, 4) is 0 Å². The maximum atomic E-state index is 11.9. The van der Waals surface area contributed by atoms with E-state index >= 15 is 0 Å². The fourth-order valence-corrected chi connectivity index (χ4v) is 5.33. The van der Waals surface area contributed by atoms with Crippen LogP contribution in [0.15, 0.2) is 30.3 Å². The van der Waals surface area contributed by atoms with Crippen molar-refractivity contribution >= 4 is 22.1 Å². The van der Waals surface area contributed by atoms with Gasteiger partial charge in [-0.15, -0.1) is 0 Å². The minimum atomic E-state index is -4.64. The fraction of sp³-hybridized carbons (Fsp3) is 0.714. The van der Waals surface area contributed by atoms with Gasteiger partial charge in [0.1, 0.15) is 0 Å². The first-order chi connectivity index (χ1) is 18.0. The van der Waals surface area contributed by atoms with Gasteiger partial charge in [-0.25, -0.2) is 4.31 Å². The van der Waals surface area contributed by atoms with Crippen LogP contribution in [0.1, 0.15) is 84.6 Å². The van der Waals surface area contributed by atoms with Crippen LogP contribution in [0.5, 0.6) is 0 Å². The summed E-state index contributed by atoms with van der Waals surface area (Å²) in [6.45, 7) is 14.5. The Morgan fingerprint density at radius 3 is 1.74 bits per heavy atom. The summed E-state index contributed by atoms with van der Waals surface area (Å²) in [5.74, 6) is -1.53. The largest absolute Gasteiger partial charge is 0.362 e. The van der Waals surface area contributed by atoms with Crippen molar-refractivity contribution < 1.29 is 31.8 Å². The Kier molecular flexibility index (Phi) is 15.1. The highest BCUT2D eigenvalue weighted by atomic mass is 32.2. The van der Waals surface area contributed by atoms with E-state index < -0.39 is 34.4 Å². The third kappa shape index (κ3) is 10.6. The molecule has 9 nitrogen and oxygen atoms in total. The van der Waals surface area contributed by atoms with Crippen molar-refractivity contribution in [3.63, 3.8) is 0 Å². The molecule has 1 aromatic carbocycles. The summed E-state index contributed by atoms with van der Waals surface area (Å²) < 4.78 is 37.2. The predicted molar refractivity (Wildman–Crippen MR) is 151 cm³/mol. The zero-order valence-electron chi connectivity index (χ0n) is 24.1. The van der Waals surface area contributed by atoms with E-state index in [1.807, 2.05) is 0 Å². The topological polar surface area (TPSA) is 113 Å². The number of nitrogens with one attached hydrogen (secondary N) is 1. The standard InChI is InChI=1S/C16H36N.C12H14N2O6S/c1-5-9-13-17(14-10-6-2,15-11-7-3)16-12-8-4;1-20-12(8-14(11(12)16)21(17,18)19)13-10(15)7-9-5-3-2-4-6-9/h5-16H2,1-4H3;2-6H,7-8H2,1H3,(H,13,15)(H,17,18,19)/q+1;. The summed E-state index contributed by atoms with van der Waals surface area (Å²) in [5.41, 5.74) is -1.01. The monoisotopic (exact) mass is 556 g/mol. The summed E-state index contributed by atoms with van der Waals surface area (Å²) in [7, 11) is -3.47. The number of rotatable bonds is 17. The van der Waals surface area contributed by atoms with Crippen LogP contribution in [0.25, 0.3) is 0 Å². The maximum Gasteiger partial charge on any atom is 0.362 e. The second-order valence-corrected chi connectivity index (χ2v) is 11.5. The molecule has 0 aliphatic carbocycles. The third-order valence-electron chi connectivity index (χ3n) is 7.06. The smallest absolute Gasteiger partial charge is 0.349 e. The molecule has 0 bridgehead atoms. The van der Waals surface area contributed by atoms with Gasteiger partial charge in [0.05, 0.1) is 39.1 Å². The number of β-lactam (4-membered cyclic amide) rings is 1. The summed E-state index contributed by atoms with van der Waals surface area (Å²) in [5, 5.41) is 2.35. The zero-order valence-corrected chi connectivity index (χ0v) is 24.9. The van der Waals surface area contributed by atoms with Crippen LogP contribution in [0, 0.1) is 0 Å². The van der Waals surface area contributed by atoms with E-state index in [4.69, 9.17) is 9.29 Å². The molecule has 0 spiro atoms. The molecule has 2 rings (SSSR count). The average molecular weight is 557 g/mol. The SMILES string of the molecule is CCCC[N+](CCCC)(CCCC)CCCC.COC1(NC(=O)Cc2ccccc2)CN(S(=O)(=O)O)C1=O.